The highest BCUT2D eigenvalue weighted by atomic mass is 16.5. The number of rotatable bonds is 5. The van der Waals surface area contributed by atoms with Crippen LogP contribution in [-0.4, -0.2) is 55.2 Å². The standard InChI is InChI=1S/C27H31NO4/c1-25-22(29)11-13-27(31-3)21-17-19-9-10-20(30-2)24(32-25)23(19)26(25,27)14-16-28(21)15-12-18-7-5-4-6-8-18/h4-10,21H,11-17H2,1-3H3/t21-,25+,26+,27?/m1/s1. The van der Waals surface area contributed by atoms with E-state index >= 15 is 0 Å². The van der Waals surface area contributed by atoms with E-state index in [9.17, 15) is 4.79 Å². The van der Waals surface area contributed by atoms with Crippen molar-refractivity contribution in [1.29, 1.82) is 0 Å². The van der Waals surface area contributed by atoms with E-state index in [-0.39, 0.29) is 11.8 Å². The number of ether oxygens (including phenoxy) is 3. The van der Waals surface area contributed by atoms with Crippen molar-refractivity contribution in [1.82, 2.24) is 4.90 Å². The molecule has 4 aliphatic rings. The zero-order valence-corrected chi connectivity index (χ0v) is 19.1. The van der Waals surface area contributed by atoms with Crippen molar-refractivity contribution >= 4 is 5.78 Å². The molecule has 6 rings (SSSR count). The van der Waals surface area contributed by atoms with Crippen LogP contribution in [0.3, 0.4) is 0 Å². The Bertz CT molecular complexity index is 1080. The summed E-state index contributed by atoms with van der Waals surface area (Å²) in [7, 11) is 3.52. The van der Waals surface area contributed by atoms with Gasteiger partial charge in [-0.05, 0) is 56.3 Å². The molecular formula is C27H31NO4. The fourth-order valence-electron chi connectivity index (χ4n) is 7.58. The quantitative estimate of drug-likeness (QED) is 0.720. The fourth-order valence-corrected chi connectivity index (χ4v) is 7.58. The topological polar surface area (TPSA) is 48.0 Å². The second-order valence-electron chi connectivity index (χ2n) is 9.93. The van der Waals surface area contributed by atoms with Crippen LogP contribution in [0.15, 0.2) is 42.5 Å². The van der Waals surface area contributed by atoms with E-state index < -0.39 is 16.6 Å². The van der Waals surface area contributed by atoms with Gasteiger partial charge in [0.15, 0.2) is 22.9 Å². The third-order valence-electron chi connectivity index (χ3n) is 9.01. The van der Waals surface area contributed by atoms with Crippen molar-refractivity contribution in [3.8, 4) is 11.5 Å². The monoisotopic (exact) mass is 433 g/mol. The molecule has 2 aliphatic heterocycles. The number of likely N-dealkylation sites (tertiary alicyclic amines) is 1. The molecule has 2 aromatic carbocycles. The molecule has 0 N–H and O–H groups in total. The molecular weight excluding hydrogens is 402 g/mol. The van der Waals surface area contributed by atoms with Gasteiger partial charge in [-0.2, -0.15) is 0 Å². The third kappa shape index (κ3) is 2.24. The second-order valence-corrected chi connectivity index (χ2v) is 9.93. The van der Waals surface area contributed by atoms with Gasteiger partial charge >= 0.3 is 0 Å². The molecule has 1 spiro atoms. The predicted molar refractivity (Wildman–Crippen MR) is 122 cm³/mol. The van der Waals surface area contributed by atoms with Crippen molar-refractivity contribution in [3.05, 3.63) is 59.2 Å². The molecule has 2 aliphatic carbocycles. The average Bonchev–Trinajstić information content (AvgIpc) is 3.10. The molecule has 2 heterocycles. The molecule has 2 aromatic rings. The van der Waals surface area contributed by atoms with Crippen LogP contribution in [0, 0.1) is 0 Å². The van der Waals surface area contributed by atoms with Crippen LogP contribution in [-0.2, 0) is 27.8 Å². The Balaban J connectivity index is 1.49. The van der Waals surface area contributed by atoms with Gasteiger partial charge in [-0.25, -0.2) is 0 Å². The molecule has 5 nitrogen and oxygen atoms in total. The first-order chi connectivity index (χ1) is 15.5. The van der Waals surface area contributed by atoms with E-state index in [1.165, 1.54) is 16.7 Å². The Hall–Kier alpha value is -2.37. The van der Waals surface area contributed by atoms with Crippen molar-refractivity contribution in [2.75, 3.05) is 27.3 Å². The second kappa shape index (κ2) is 6.82. The molecule has 0 amide bonds. The van der Waals surface area contributed by atoms with Gasteiger partial charge < -0.3 is 14.2 Å². The first kappa shape index (κ1) is 20.3. The lowest BCUT2D eigenvalue weighted by molar-refractivity contribution is -0.220. The summed E-state index contributed by atoms with van der Waals surface area (Å²) >= 11 is 0. The minimum absolute atomic E-state index is 0.188. The summed E-state index contributed by atoms with van der Waals surface area (Å²) in [6.07, 6.45) is 3.99. The highest BCUT2D eigenvalue weighted by Crippen LogP contribution is 2.69. The number of Topliss-reactive ketones (excluding diaryl/α,β-unsaturated/α-hetero) is 1. The largest absolute Gasteiger partial charge is 0.493 e. The molecule has 1 unspecified atom stereocenters. The normalized spacial score (nSPS) is 34.7. The summed E-state index contributed by atoms with van der Waals surface area (Å²) < 4.78 is 18.9. The molecule has 1 saturated carbocycles. The zero-order valence-electron chi connectivity index (χ0n) is 19.1. The number of ketones is 1. The minimum Gasteiger partial charge on any atom is -0.493 e. The van der Waals surface area contributed by atoms with E-state index in [0.717, 1.165) is 50.3 Å². The van der Waals surface area contributed by atoms with E-state index in [4.69, 9.17) is 14.2 Å². The number of hydrogen-bond donors (Lipinski definition) is 0. The smallest absolute Gasteiger partial charge is 0.177 e. The van der Waals surface area contributed by atoms with Crippen LogP contribution in [0.4, 0.5) is 0 Å². The van der Waals surface area contributed by atoms with Gasteiger partial charge in [0, 0.05) is 31.7 Å². The van der Waals surface area contributed by atoms with Crippen molar-refractivity contribution in [3.63, 3.8) is 0 Å². The van der Waals surface area contributed by atoms with Crippen molar-refractivity contribution in [2.45, 2.75) is 61.7 Å². The SMILES string of the molecule is COc1ccc2c3c1O[C@@]1(C)C(=O)CCC4(OC)[C@@H](C2)N(CCc2ccccc2)CC[C@@]341. The summed E-state index contributed by atoms with van der Waals surface area (Å²) in [5, 5.41) is 0. The lowest BCUT2D eigenvalue weighted by atomic mass is 9.45. The van der Waals surface area contributed by atoms with Crippen LogP contribution in [0.25, 0.3) is 0 Å². The average molecular weight is 434 g/mol. The molecule has 5 heteroatoms. The van der Waals surface area contributed by atoms with Crippen molar-refractivity contribution < 1.29 is 19.0 Å². The van der Waals surface area contributed by atoms with Crippen LogP contribution in [0.1, 0.15) is 42.9 Å². The molecule has 2 bridgehead atoms. The number of benzene rings is 2. The lowest BCUT2D eigenvalue weighted by Gasteiger charge is -2.66. The summed E-state index contributed by atoms with van der Waals surface area (Å²) in [5.41, 5.74) is 1.96. The number of carbonyl (C=O) groups is 1. The third-order valence-corrected chi connectivity index (χ3v) is 9.01. The van der Waals surface area contributed by atoms with Crippen LogP contribution >= 0.6 is 0 Å². The van der Waals surface area contributed by atoms with Gasteiger partial charge in [0.05, 0.1) is 18.1 Å². The lowest BCUT2D eigenvalue weighted by Crippen LogP contribution is -2.80. The van der Waals surface area contributed by atoms with Gasteiger partial charge in [-0.15, -0.1) is 0 Å². The number of piperidine rings is 1. The molecule has 4 atom stereocenters. The fraction of sp³-hybridized carbons (Fsp3) is 0.519. The molecule has 168 valence electrons. The van der Waals surface area contributed by atoms with Crippen molar-refractivity contribution in [2.24, 2.45) is 0 Å². The van der Waals surface area contributed by atoms with Crippen LogP contribution in [0.5, 0.6) is 11.5 Å². The van der Waals surface area contributed by atoms with Gasteiger partial charge in [-0.1, -0.05) is 36.4 Å². The Labute approximate surface area is 189 Å². The Kier molecular flexibility index (Phi) is 4.31. The highest BCUT2D eigenvalue weighted by Gasteiger charge is 2.78. The van der Waals surface area contributed by atoms with Gasteiger partial charge in [-0.3, -0.25) is 9.69 Å². The van der Waals surface area contributed by atoms with Crippen LogP contribution < -0.4 is 9.47 Å². The van der Waals surface area contributed by atoms with Gasteiger partial charge in [0.2, 0.25) is 0 Å². The summed E-state index contributed by atoms with van der Waals surface area (Å²) in [6.45, 7) is 3.93. The number of hydrogen-bond acceptors (Lipinski definition) is 5. The van der Waals surface area contributed by atoms with E-state index in [1.807, 2.05) is 20.1 Å². The molecule has 2 fully saturated rings. The van der Waals surface area contributed by atoms with E-state index in [1.54, 1.807) is 7.11 Å². The maximum atomic E-state index is 13.5. The van der Waals surface area contributed by atoms with E-state index in [0.29, 0.717) is 6.42 Å². The Morgan fingerprint density at radius 1 is 1.12 bits per heavy atom. The predicted octanol–water partition coefficient (Wildman–Crippen LogP) is 3.71. The first-order valence-electron chi connectivity index (χ1n) is 11.8. The number of carbonyl (C=O) groups excluding carboxylic acids is 1. The molecule has 0 radical (unpaired) electrons. The molecule has 32 heavy (non-hydrogen) atoms. The maximum Gasteiger partial charge on any atom is 0.177 e. The number of methoxy groups -OCH3 is 2. The Morgan fingerprint density at radius 2 is 1.94 bits per heavy atom. The van der Waals surface area contributed by atoms with Gasteiger partial charge in [0.25, 0.3) is 0 Å². The maximum absolute atomic E-state index is 13.5. The summed E-state index contributed by atoms with van der Waals surface area (Å²) in [6, 6.07) is 15.1. The summed E-state index contributed by atoms with van der Waals surface area (Å²) in [4.78, 5) is 16.1. The van der Waals surface area contributed by atoms with Crippen LogP contribution in [0.2, 0.25) is 0 Å². The van der Waals surface area contributed by atoms with Gasteiger partial charge in [0.1, 0.15) is 0 Å². The zero-order chi connectivity index (χ0) is 22.1. The molecule has 1 saturated heterocycles. The number of nitrogens with zero attached hydrogens (tertiary/aromatic N) is 1. The Morgan fingerprint density at radius 3 is 2.69 bits per heavy atom. The minimum atomic E-state index is -0.919. The molecule has 0 aromatic heterocycles. The highest BCUT2D eigenvalue weighted by molar-refractivity contribution is 5.94. The van der Waals surface area contributed by atoms with E-state index in [2.05, 4.69) is 41.3 Å². The summed E-state index contributed by atoms with van der Waals surface area (Å²) in [5.74, 6) is 1.67. The first-order valence-corrected chi connectivity index (χ1v) is 11.8.